The van der Waals surface area contributed by atoms with Crippen LogP contribution in [0.1, 0.15) is 13.3 Å². The number of hydrogen-bond donors (Lipinski definition) is 1. The average Bonchev–Trinajstić information content (AvgIpc) is 2.24. The summed E-state index contributed by atoms with van der Waals surface area (Å²) < 4.78 is 18.7. The van der Waals surface area contributed by atoms with Crippen LogP contribution in [-0.4, -0.2) is 19.1 Å². The third-order valence-electron chi connectivity index (χ3n) is 1.86. The highest BCUT2D eigenvalue weighted by molar-refractivity contribution is 9.10. The van der Waals surface area contributed by atoms with Gasteiger partial charge in [0, 0.05) is 12.6 Å². The van der Waals surface area contributed by atoms with Gasteiger partial charge in [-0.05, 0) is 35.0 Å². The number of amides is 1. The minimum absolute atomic E-state index is 0.0694. The van der Waals surface area contributed by atoms with Gasteiger partial charge in [-0.25, -0.2) is 4.39 Å². The fraction of sp³-hybridized carbons (Fsp3) is 0.364. The Bertz CT molecular complexity index is 371. The normalized spacial score (nSPS) is 9.94. The lowest BCUT2D eigenvalue weighted by Crippen LogP contribution is -2.24. The van der Waals surface area contributed by atoms with Crippen LogP contribution in [0.25, 0.3) is 0 Å². The first-order chi connectivity index (χ1) is 7.63. The fourth-order valence-electron chi connectivity index (χ4n) is 1.11. The van der Waals surface area contributed by atoms with Crippen LogP contribution in [0.5, 0.6) is 5.75 Å². The second-order valence-electron chi connectivity index (χ2n) is 3.13. The number of hydrogen-bond acceptors (Lipinski definition) is 2. The van der Waals surface area contributed by atoms with E-state index < -0.39 is 0 Å². The van der Waals surface area contributed by atoms with Crippen LogP contribution in [0.3, 0.4) is 0 Å². The van der Waals surface area contributed by atoms with Crippen molar-refractivity contribution in [2.45, 2.75) is 13.3 Å². The third kappa shape index (κ3) is 4.18. The SMILES string of the molecule is CCNC(=O)CCOc1ccc(Br)c(F)c1. The second kappa shape index (κ2) is 6.48. The predicted octanol–water partition coefficient (Wildman–Crippen LogP) is 2.49. The monoisotopic (exact) mass is 289 g/mol. The number of rotatable bonds is 5. The molecule has 1 N–H and O–H groups in total. The van der Waals surface area contributed by atoms with Crippen LogP contribution < -0.4 is 10.1 Å². The van der Waals surface area contributed by atoms with Gasteiger partial charge in [0.2, 0.25) is 5.91 Å². The molecule has 0 radical (unpaired) electrons. The molecule has 1 aromatic carbocycles. The molecule has 0 aliphatic carbocycles. The molecule has 88 valence electrons. The first kappa shape index (κ1) is 13.0. The molecular formula is C11H13BrFNO2. The number of benzene rings is 1. The average molecular weight is 290 g/mol. The van der Waals surface area contributed by atoms with E-state index >= 15 is 0 Å². The summed E-state index contributed by atoms with van der Waals surface area (Å²) in [6, 6.07) is 4.49. The maximum atomic E-state index is 13.1. The summed E-state index contributed by atoms with van der Waals surface area (Å²) in [5, 5.41) is 2.65. The zero-order valence-corrected chi connectivity index (χ0v) is 10.5. The molecule has 5 heteroatoms. The van der Waals surface area contributed by atoms with E-state index in [0.717, 1.165) is 0 Å². The van der Waals surface area contributed by atoms with Gasteiger partial charge in [-0.3, -0.25) is 4.79 Å². The quantitative estimate of drug-likeness (QED) is 0.904. The van der Waals surface area contributed by atoms with Gasteiger partial charge < -0.3 is 10.1 Å². The minimum Gasteiger partial charge on any atom is -0.493 e. The zero-order chi connectivity index (χ0) is 12.0. The van der Waals surface area contributed by atoms with Gasteiger partial charge in [-0.2, -0.15) is 0 Å². The summed E-state index contributed by atoms with van der Waals surface area (Å²) in [5.41, 5.74) is 0. The van der Waals surface area contributed by atoms with E-state index in [9.17, 15) is 9.18 Å². The van der Waals surface area contributed by atoms with Gasteiger partial charge in [-0.15, -0.1) is 0 Å². The van der Waals surface area contributed by atoms with Crippen molar-refractivity contribution >= 4 is 21.8 Å². The molecule has 0 bridgehead atoms. The Morgan fingerprint density at radius 1 is 1.56 bits per heavy atom. The van der Waals surface area contributed by atoms with Crippen LogP contribution in [0, 0.1) is 5.82 Å². The maximum Gasteiger partial charge on any atom is 0.223 e. The van der Waals surface area contributed by atoms with Gasteiger partial charge >= 0.3 is 0 Å². The van der Waals surface area contributed by atoms with Crippen LogP contribution >= 0.6 is 15.9 Å². The molecule has 0 saturated heterocycles. The Morgan fingerprint density at radius 3 is 2.94 bits per heavy atom. The summed E-state index contributed by atoms with van der Waals surface area (Å²) in [4.78, 5) is 11.1. The minimum atomic E-state index is -0.379. The number of carbonyl (C=O) groups is 1. The molecule has 1 aromatic rings. The summed E-state index contributed by atoms with van der Waals surface area (Å²) in [7, 11) is 0. The van der Waals surface area contributed by atoms with Gasteiger partial charge in [0.05, 0.1) is 17.5 Å². The molecule has 0 aromatic heterocycles. The smallest absolute Gasteiger partial charge is 0.223 e. The molecule has 0 spiro atoms. The number of carbonyl (C=O) groups excluding carboxylic acids is 1. The van der Waals surface area contributed by atoms with Crippen LogP contribution in [0.4, 0.5) is 4.39 Å². The van der Waals surface area contributed by atoms with Crippen LogP contribution in [0.2, 0.25) is 0 Å². The van der Waals surface area contributed by atoms with Crippen molar-refractivity contribution in [3.8, 4) is 5.75 Å². The Balaban J connectivity index is 2.37. The number of ether oxygens (including phenoxy) is 1. The molecule has 0 saturated carbocycles. The Labute approximate surface area is 102 Å². The lowest BCUT2D eigenvalue weighted by molar-refractivity contribution is -0.121. The van der Waals surface area contributed by atoms with Gasteiger partial charge in [-0.1, -0.05) is 0 Å². The molecule has 3 nitrogen and oxygen atoms in total. The third-order valence-corrected chi connectivity index (χ3v) is 2.51. The summed E-state index contributed by atoms with van der Waals surface area (Å²) in [5.74, 6) is -0.0272. The molecule has 0 unspecified atom stereocenters. The molecule has 0 fully saturated rings. The Morgan fingerprint density at radius 2 is 2.31 bits per heavy atom. The summed E-state index contributed by atoms with van der Waals surface area (Å²) >= 11 is 3.05. The molecule has 0 atom stereocenters. The molecule has 16 heavy (non-hydrogen) atoms. The van der Waals surface area contributed by atoms with Crippen molar-refractivity contribution in [1.29, 1.82) is 0 Å². The van der Waals surface area contributed by atoms with Crippen molar-refractivity contribution in [3.63, 3.8) is 0 Å². The van der Waals surface area contributed by atoms with E-state index in [1.54, 1.807) is 12.1 Å². The van der Waals surface area contributed by atoms with Gasteiger partial charge in [0.1, 0.15) is 11.6 Å². The highest BCUT2D eigenvalue weighted by atomic mass is 79.9. The van der Waals surface area contributed by atoms with Gasteiger partial charge in [0.25, 0.3) is 0 Å². The van der Waals surface area contributed by atoms with Crippen molar-refractivity contribution in [3.05, 3.63) is 28.5 Å². The molecule has 1 rings (SSSR count). The first-order valence-corrected chi connectivity index (χ1v) is 5.77. The molecule has 1 amide bonds. The van der Waals surface area contributed by atoms with E-state index in [2.05, 4.69) is 21.2 Å². The highest BCUT2D eigenvalue weighted by Gasteiger charge is 2.03. The lowest BCUT2D eigenvalue weighted by Gasteiger charge is -2.06. The molecule has 0 aliphatic heterocycles. The highest BCUT2D eigenvalue weighted by Crippen LogP contribution is 2.20. The summed E-state index contributed by atoms with van der Waals surface area (Å²) in [6.07, 6.45) is 0.269. The number of nitrogens with one attached hydrogen (secondary N) is 1. The van der Waals surface area contributed by atoms with Crippen molar-refractivity contribution < 1.29 is 13.9 Å². The van der Waals surface area contributed by atoms with Gasteiger partial charge in [0.15, 0.2) is 0 Å². The number of halogens is 2. The predicted molar refractivity (Wildman–Crippen MR) is 62.9 cm³/mol. The largest absolute Gasteiger partial charge is 0.493 e. The lowest BCUT2D eigenvalue weighted by atomic mass is 10.3. The second-order valence-corrected chi connectivity index (χ2v) is 3.98. The van der Waals surface area contributed by atoms with E-state index in [-0.39, 0.29) is 24.8 Å². The first-order valence-electron chi connectivity index (χ1n) is 4.98. The van der Waals surface area contributed by atoms with Crippen molar-refractivity contribution in [2.24, 2.45) is 0 Å². The standard InChI is InChI=1S/C11H13BrFNO2/c1-2-14-11(15)5-6-16-8-3-4-9(12)10(13)7-8/h3-4,7H,2,5-6H2,1H3,(H,14,15). The van der Waals surface area contributed by atoms with Crippen LogP contribution in [-0.2, 0) is 4.79 Å². The van der Waals surface area contributed by atoms with E-state index in [1.165, 1.54) is 6.07 Å². The van der Waals surface area contributed by atoms with E-state index in [4.69, 9.17) is 4.74 Å². The molecule has 0 heterocycles. The topological polar surface area (TPSA) is 38.3 Å². The van der Waals surface area contributed by atoms with Crippen molar-refractivity contribution in [1.82, 2.24) is 5.32 Å². The molecular weight excluding hydrogens is 277 g/mol. The van der Waals surface area contributed by atoms with Crippen LogP contribution in [0.15, 0.2) is 22.7 Å². The Kier molecular flexibility index (Phi) is 5.25. The zero-order valence-electron chi connectivity index (χ0n) is 8.93. The maximum absolute atomic E-state index is 13.1. The Hall–Kier alpha value is -1.10. The van der Waals surface area contributed by atoms with E-state index in [0.29, 0.717) is 16.8 Å². The summed E-state index contributed by atoms with van der Waals surface area (Å²) in [6.45, 7) is 2.70. The van der Waals surface area contributed by atoms with Crippen molar-refractivity contribution in [2.75, 3.05) is 13.2 Å². The fourth-order valence-corrected chi connectivity index (χ4v) is 1.36. The van der Waals surface area contributed by atoms with E-state index in [1.807, 2.05) is 6.92 Å². The molecule has 0 aliphatic rings.